The summed E-state index contributed by atoms with van der Waals surface area (Å²) < 4.78 is 35.1. The third-order valence-electron chi connectivity index (χ3n) is 6.36. The number of pyridine rings is 3. The molecule has 0 unspecified atom stereocenters. The molecule has 2 aliphatic heterocycles. The van der Waals surface area contributed by atoms with Crippen LogP contribution in [0.25, 0.3) is 11.0 Å². The van der Waals surface area contributed by atoms with E-state index in [2.05, 4.69) is 20.4 Å². The van der Waals surface area contributed by atoms with Crippen molar-refractivity contribution >= 4 is 16.9 Å². The van der Waals surface area contributed by atoms with Crippen LogP contribution < -0.4 is 15.7 Å². The summed E-state index contributed by atoms with van der Waals surface area (Å²) in [5.74, 6) is -1.84. The van der Waals surface area contributed by atoms with Crippen LogP contribution >= 0.6 is 0 Å². The van der Waals surface area contributed by atoms with Gasteiger partial charge in [-0.3, -0.25) is 24.9 Å². The van der Waals surface area contributed by atoms with Gasteiger partial charge in [0.15, 0.2) is 11.6 Å². The van der Waals surface area contributed by atoms with Crippen LogP contribution in [-0.4, -0.2) is 63.1 Å². The molecule has 0 aromatic carbocycles. The largest absolute Gasteiger partial charge is 0.483 e. The first-order valence-corrected chi connectivity index (χ1v) is 11.7. The van der Waals surface area contributed by atoms with Gasteiger partial charge in [-0.1, -0.05) is 6.92 Å². The second kappa shape index (κ2) is 9.67. The van der Waals surface area contributed by atoms with Crippen molar-refractivity contribution in [2.75, 3.05) is 26.2 Å². The molecule has 11 heteroatoms. The number of nitrogens with one attached hydrogen (secondary N) is 2. The fraction of sp³-hybridized carbons (Fsp3) is 0.417. The molecule has 0 spiro atoms. The zero-order valence-electron chi connectivity index (χ0n) is 19.3. The maximum absolute atomic E-state index is 15.0. The van der Waals surface area contributed by atoms with Crippen molar-refractivity contribution in [1.82, 2.24) is 30.3 Å². The van der Waals surface area contributed by atoms with Crippen LogP contribution in [0.15, 0.2) is 29.2 Å². The minimum absolute atomic E-state index is 0.0136. The first kappa shape index (κ1) is 23.3. The van der Waals surface area contributed by atoms with E-state index in [1.807, 2.05) is 11.8 Å². The Bertz CT molecular complexity index is 1320. The van der Waals surface area contributed by atoms with E-state index < -0.39 is 17.7 Å². The van der Waals surface area contributed by atoms with Gasteiger partial charge in [-0.05, 0) is 37.5 Å². The molecular formula is C24H26F2N6O3. The predicted molar refractivity (Wildman–Crippen MR) is 124 cm³/mol. The van der Waals surface area contributed by atoms with E-state index in [0.29, 0.717) is 36.2 Å². The quantitative estimate of drug-likeness (QED) is 0.496. The standard InChI is InChI=1S/C24H26F2N6O3/c1-2-14-9-18-21(29-23(14)33)20(25)15(10-27-18)11-31-12-16(13-31)35-19-6-5-17(28-22(19)26)24(34)30-32-7-3-4-8-32/h5-6,9-10,16H,2-4,7-8,11-13H2,1H3,(H,29,33)(H,30,34). The topological polar surface area (TPSA) is 103 Å². The number of carbonyl (C=O) groups is 1. The van der Waals surface area contributed by atoms with Gasteiger partial charge >= 0.3 is 0 Å². The van der Waals surface area contributed by atoms with E-state index in [1.54, 1.807) is 11.1 Å². The van der Waals surface area contributed by atoms with Crippen LogP contribution in [0.5, 0.6) is 5.75 Å². The lowest BCUT2D eigenvalue weighted by Crippen LogP contribution is -2.53. The Morgan fingerprint density at radius 2 is 2.00 bits per heavy atom. The number of carbonyl (C=O) groups excluding carboxylic acids is 1. The van der Waals surface area contributed by atoms with Crippen LogP contribution in [0.1, 0.15) is 41.4 Å². The lowest BCUT2D eigenvalue weighted by atomic mass is 10.1. The van der Waals surface area contributed by atoms with Crippen LogP contribution in [0.2, 0.25) is 0 Å². The Balaban J connectivity index is 1.17. The first-order chi connectivity index (χ1) is 16.9. The molecule has 0 aliphatic carbocycles. The number of aromatic amines is 1. The van der Waals surface area contributed by atoms with E-state index in [0.717, 1.165) is 25.9 Å². The summed E-state index contributed by atoms with van der Waals surface area (Å²) in [7, 11) is 0. The van der Waals surface area contributed by atoms with E-state index in [1.165, 1.54) is 18.3 Å². The zero-order valence-corrected chi connectivity index (χ0v) is 19.3. The average molecular weight is 485 g/mol. The highest BCUT2D eigenvalue weighted by molar-refractivity contribution is 5.91. The zero-order chi connectivity index (χ0) is 24.5. The monoisotopic (exact) mass is 484 g/mol. The number of ether oxygens (including phenoxy) is 1. The Morgan fingerprint density at radius 1 is 1.23 bits per heavy atom. The summed E-state index contributed by atoms with van der Waals surface area (Å²) in [6.07, 6.45) is 3.74. The molecule has 3 aromatic rings. The van der Waals surface area contributed by atoms with Crippen molar-refractivity contribution in [3.8, 4) is 5.75 Å². The fourth-order valence-corrected chi connectivity index (χ4v) is 4.38. The summed E-state index contributed by atoms with van der Waals surface area (Å²) >= 11 is 0. The lowest BCUT2D eigenvalue weighted by molar-refractivity contribution is 0.0112. The molecule has 2 N–H and O–H groups in total. The maximum Gasteiger partial charge on any atom is 0.284 e. The third kappa shape index (κ3) is 4.87. The Kier molecular flexibility index (Phi) is 6.44. The lowest BCUT2D eigenvalue weighted by Gasteiger charge is -2.38. The molecular weight excluding hydrogens is 458 g/mol. The molecule has 3 aromatic heterocycles. The number of amides is 1. The van der Waals surface area contributed by atoms with Crippen LogP contribution in [0, 0.1) is 11.8 Å². The molecule has 0 saturated carbocycles. The molecule has 0 radical (unpaired) electrons. The molecule has 2 fully saturated rings. The number of halogens is 2. The second-order valence-corrected chi connectivity index (χ2v) is 8.89. The highest BCUT2D eigenvalue weighted by atomic mass is 19.1. The van der Waals surface area contributed by atoms with Crippen molar-refractivity contribution in [2.24, 2.45) is 0 Å². The van der Waals surface area contributed by atoms with Crippen molar-refractivity contribution in [2.45, 2.75) is 38.8 Å². The van der Waals surface area contributed by atoms with E-state index in [-0.39, 0.29) is 35.2 Å². The molecule has 184 valence electrons. The summed E-state index contributed by atoms with van der Waals surface area (Å²) in [5.41, 5.74) is 3.82. The van der Waals surface area contributed by atoms with Gasteiger partial charge in [0.05, 0.1) is 5.52 Å². The highest BCUT2D eigenvalue weighted by Crippen LogP contribution is 2.24. The van der Waals surface area contributed by atoms with Gasteiger partial charge in [0, 0.05) is 50.0 Å². The van der Waals surface area contributed by atoms with E-state index >= 15 is 0 Å². The third-order valence-corrected chi connectivity index (χ3v) is 6.36. The van der Waals surface area contributed by atoms with Gasteiger partial charge in [-0.15, -0.1) is 0 Å². The van der Waals surface area contributed by atoms with Gasteiger partial charge in [0.2, 0.25) is 0 Å². The molecule has 0 bridgehead atoms. The molecule has 35 heavy (non-hydrogen) atoms. The van der Waals surface area contributed by atoms with Gasteiger partial charge < -0.3 is 9.72 Å². The van der Waals surface area contributed by atoms with E-state index in [9.17, 15) is 18.4 Å². The highest BCUT2D eigenvalue weighted by Gasteiger charge is 2.30. The van der Waals surface area contributed by atoms with Gasteiger partial charge in [-0.2, -0.15) is 4.39 Å². The Hall–Kier alpha value is -3.44. The molecule has 0 atom stereocenters. The fourth-order valence-electron chi connectivity index (χ4n) is 4.38. The number of hydrazine groups is 1. The number of hydrogen-bond acceptors (Lipinski definition) is 7. The molecule has 1 amide bonds. The second-order valence-electron chi connectivity index (χ2n) is 8.89. The van der Waals surface area contributed by atoms with Crippen molar-refractivity contribution in [3.63, 3.8) is 0 Å². The van der Waals surface area contributed by atoms with E-state index in [4.69, 9.17) is 4.74 Å². The minimum atomic E-state index is -0.849. The summed E-state index contributed by atoms with van der Waals surface area (Å²) in [6.45, 7) is 4.59. The summed E-state index contributed by atoms with van der Waals surface area (Å²) in [6, 6.07) is 4.44. The van der Waals surface area contributed by atoms with Gasteiger partial charge in [0.1, 0.15) is 17.3 Å². The average Bonchev–Trinajstić information content (AvgIpc) is 3.33. The predicted octanol–water partition coefficient (Wildman–Crippen LogP) is 2.16. The Morgan fingerprint density at radius 3 is 2.71 bits per heavy atom. The number of fused-ring (bicyclic) bond motifs is 1. The summed E-state index contributed by atoms with van der Waals surface area (Å²) in [5, 5.41) is 1.79. The number of aromatic nitrogens is 3. The first-order valence-electron chi connectivity index (χ1n) is 11.7. The minimum Gasteiger partial charge on any atom is -0.483 e. The smallest absolute Gasteiger partial charge is 0.284 e. The number of H-pyrrole nitrogens is 1. The SMILES string of the molecule is CCc1cc2ncc(CN3CC(Oc4ccc(C(=O)NN5CCCC5)nc4F)C3)c(F)c2[nH]c1=O. The van der Waals surface area contributed by atoms with Crippen LogP contribution in [0.3, 0.4) is 0 Å². The van der Waals surface area contributed by atoms with Gasteiger partial charge in [0.25, 0.3) is 17.4 Å². The molecule has 5 heterocycles. The molecule has 2 saturated heterocycles. The molecule has 9 nitrogen and oxygen atoms in total. The van der Waals surface area contributed by atoms with Crippen molar-refractivity contribution < 1.29 is 18.3 Å². The molecule has 2 aliphatic rings. The maximum atomic E-state index is 15.0. The number of rotatable bonds is 7. The van der Waals surface area contributed by atoms with Crippen molar-refractivity contribution in [3.05, 3.63) is 63.3 Å². The molecule has 5 rings (SSSR count). The number of likely N-dealkylation sites (tertiary alicyclic amines) is 1. The normalized spacial score (nSPS) is 17.0. The van der Waals surface area contributed by atoms with Crippen LogP contribution in [-0.2, 0) is 13.0 Å². The van der Waals surface area contributed by atoms with Gasteiger partial charge in [-0.25, -0.2) is 14.4 Å². The van der Waals surface area contributed by atoms with Crippen molar-refractivity contribution in [1.29, 1.82) is 0 Å². The number of hydrogen-bond donors (Lipinski definition) is 2. The number of aryl methyl sites for hydroxylation is 1. The summed E-state index contributed by atoms with van der Waals surface area (Å²) in [4.78, 5) is 36.9. The van der Waals surface area contributed by atoms with Crippen LogP contribution in [0.4, 0.5) is 8.78 Å². The Labute approximate surface area is 200 Å². The number of nitrogens with zero attached hydrogens (tertiary/aromatic N) is 4.